The highest BCUT2D eigenvalue weighted by atomic mass is 19.1. The zero-order valence-electron chi connectivity index (χ0n) is 10.8. The molecular formula is C14H17F2NO2. The Morgan fingerprint density at radius 3 is 2.47 bits per heavy atom. The van der Waals surface area contributed by atoms with Crippen LogP contribution in [0.2, 0.25) is 0 Å². The number of benzene rings is 1. The number of Topliss-reactive ketones (excluding diaryl/α,β-unsaturated/α-hetero) is 1. The molecule has 0 aromatic heterocycles. The first-order valence-corrected chi connectivity index (χ1v) is 6.31. The quantitative estimate of drug-likeness (QED) is 0.829. The van der Waals surface area contributed by atoms with E-state index < -0.39 is 23.0 Å². The van der Waals surface area contributed by atoms with Crippen molar-refractivity contribution in [2.45, 2.75) is 18.9 Å². The zero-order valence-corrected chi connectivity index (χ0v) is 10.8. The fraction of sp³-hybridized carbons (Fsp3) is 0.500. The zero-order chi connectivity index (χ0) is 14.0. The van der Waals surface area contributed by atoms with Gasteiger partial charge in [-0.1, -0.05) is 6.07 Å². The molecule has 0 heterocycles. The average molecular weight is 269 g/mol. The SMILES string of the molecule is CN(CC(=O)c1c(F)cccc1F)CC1CC(O)C1. The van der Waals surface area contributed by atoms with Crippen molar-refractivity contribution in [2.75, 3.05) is 20.1 Å². The standard InChI is InChI=1S/C14H17F2NO2/c1-17(7-9-5-10(18)6-9)8-13(19)14-11(15)3-2-4-12(14)16/h2-4,9-10,18H,5-8H2,1H3. The van der Waals surface area contributed by atoms with Gasteiger partial charge in [-0.25, -0.2) is 8.78 Å². The van der Waals surface area contributed by atoms with Crippen LogP contribution in [-0.2, 0) is 0 Å². The van der Waals surface area contributed by atoms with E-state index in [0.29, 0.717) is 12.5 Å². The Balaban J connectivity index is 1.93. The van der Waals surface area contributed by atoms with Gasteiger partial charge in [0.05, 0.1) is 18.2 Å². The van der Waals surface area contributed by atoms with Crippen LogP contribution in [0.1, 0.15) is 23.2 Å². The van der Waals surface area contributed by atoms with Crippen LogP contribution in [0.5, 0.6) is 0 Å². The van der Waals surface area contributed by atoms with Gasteiger partial charge in [-0.05, 0) is 37.9 Å². The molecule has 0 unspecified atom stereocenters. The summed E-state index contributed by atoms with van der Waals surface area (Å²) in [4.78, 5) is 13.6. The third-order valence-corrected chi connectivity index (χ3v) is 3.44. The normalized spacial score (nSPS) is 22.4. The van der Waals surface area contributed by atoms with E-state index in [1.807, 2.05) is 0 Å². The second-order valence-corrected chi connectivity index (χ2v) is 5.21. The molecule has 0 radical (unpaired) electrons. The molecular weight excluding hydrogens is 252 g/mol. The van der Waals surface area contributed by atoms with Crippen molar-refractivity contribution < 1.29 is 18.7 Å². The molecule has 2 rings (SSSR count). The summed E-state index contributed by atoms with van der Waals surface area (Å²) in [6.45, 7) is 0.628. The van der Waals surface area contributed by atoms with Crippen molar-refractivity contribution in [3.8, 4) is 0 Å². The van der Waals surface area contributed by atoms with Gasteiger partial charge in [-0.3, -0.25) is 9.69 Å². The molecule has 19 heavy (non-hydrogen) atoms. The average Bonchev–Trinajstić information content (AvgIpc) is 2.26. The summed E-state index contributed by atoms with van der Waals surface area (Å²) >= 11 is 0. The lowest BCUT2D eigenvalue weighted by Gasteiger charge is -2.34. The van der Waals surface area contributed by atoms with Crippen molar-refractivity contribution in [3.63, 3.8) is 0 Å². The van der Waals surface area contributed by atoms with Gasteiger partial charge in [0.25, 0.3) is 0 Å². The summed E-state index contributed by atoms with van der Waals surface area (Å²) < 4.78 is 26.9. The maximum atomic E-state index is 13.4. The third-order valence-electron chi connectivity index (χ3n) is 3.44. The fourth-order valence-corrected chi connectivity index (χ4v) is 2.44. The summed E-state index contributed by atoms with van der Waals surface area (Å²) in [6, 6.07) is 3.40. The van der Waals surface area contributed by atoms with Crippen LogP contribution in [0.15, 0.2) is 18.2 Å². The number of likely N-dealkylation sites (N-methyl/N-ethyl adjacent to an activating group) is 1. The summed E-state index contributed by atoms with van der Waals surface area (Å²) in [6.07, 6.45) is 1.22. The van der Waals surface area contributed by atoms with Crippen LogP contribution in [0, 0.1) is 17.6 Å². The molecule has 1 saturated carbocycles. The first-order chi connectivity index (χ1) is 8.97. The Bertz CT molecular complexity index is 452. The predicted octanol–water partition coefficient (Wildman–Crippen LogP) is 1.85. The molecule has 0 amide bonds. The van der Waals surface area contributed by atoms with Gasteiger partial charge >= 0.3 is 0 Å². The second kappa shape index (κ2) is 5.75. The van der Waals surface area contributed by atoms with Gasteiger partial charge in [0.15, 0.2) is 5.78 Å². The summed E-state index contributed by atoms with van der Waals surface area (Å²) in [7, 11) is 1.74. The Labute approximate surface area is 110 Å². The van der Waals surface area contributed by atoms with Crippen LogP contribution in [0.25, 0.3) is 0 Å². The molecule has 1 fully saturated rings. The molecule has 0 saturated heterocycles. The number of rotatable bonds is 5. The second-order valence-electron chi connectivity index (χ2n) is 5.21. The van der Waals surface area contributed by atoms with E-state index in [2.05, 4.69) is 0 Å². The number of carbonyl (C=O) groups is 1. The van der Waals surface area contributed by atoms with E-state index >= 15 is 0 Å². The lowest BCUT2D eigenvalue weighted by Crippen LogP contribution is -2.39. The highest BCUT2D eigenvalue weighted by Crippen LogP contribution is 2.27. The minimum Gasteiger partial charge on any atom is -0.393 e. The first-order valence-electron chi connectivity index (χ1n) is 6.31. The van der Waals surface area contributed by atoms with Gasteiger partial charge in [0.1, 0.15) is 11.6 Å². The molecule has 0 aliphatic heterocycles. The lowest BCUT2D eigenvalue weighted by atomic mass is 9.82. The Morgan fingerprint density at radius 2 is 1.95 bits per heavy atom. The monoisotopic (exact) mass is 269 g/mol. The number of aliphatic hydroxyl groups is 1. The molecule has 3 nitrogen and oxygen atoms in total. The van der Waals surface area contributed by atoms with Gasteiger partial charge in [0.2, 0.25) is 0 Å². The van der Waals surface area contributed by atoms with Gasteiger partial charge < -0.3 is 5.11 Å². The number of nitrogens with zero attached hydrogens (tertiary/aromatic N) is 1. The van der Waals surface area contributed by atoms with Crippen molar-refractivity contribution >= 4 is 5.78 Å². The maximum Gasteiger partial charge on any atom is 0.182 e. The molecule has 1 aliphatic rings. The van der Waals surface area contributed by atoms with Crippen LogP contribution >= 0.6 is 0 Å². The van der Waals surface area contributed by atoms with E-state index in [-0.39, 0.29) is 12.6 Å². The van der Waals surface area contributed by atoms with Gasteiger partial charge in [0, 0.05) is 6.54 Å². The smallest absolute Gasteiger partial charge is 0.182 e. The number of hydrogen-bond acceptors (Lipinski definition) is 3. The summed E-state index contributed by atoms with van der Waals surface area (Å²) in [5, 5.41) is 9.18. The van der Waals surface area contributed by atoms with Crippen LogP contribution < -0.4 is 0 Å². The van der Waals surface area contributed by atoms with E-state index in [1.165, 1.54) is 6.07 Å². The molecule has 0 bridgehead atoms. The van der Waals surface area contributed by atoms with Crippen LogP contribution in [0.3, 0.4) is 0 Å². The lowest BCUT2D eigenvalue weighted by molar-refractivity contribution is 0.0285. The number of carbonyl (C=O) groups excluding carboxylic acids is 1. The van der Waals surface area contributed by atoms with E-state index in [0.717, 1.165) is 25.0 Å². The number of halogens is 2. The molecule has 104 valence electrons. The Kier molecular flexibility index (Phi) is 4.27. The van der Waals surface area contributed by atoms with E-state index in [9.17, 15) is 18.7 Å². The topological polar surface area (TPSA) is 40.5 Å². The molecule has 1 aromatic carbocycles. The van der Waals surface area contributed by atoms with Crippen molar-refractivity contribution in [1.82, 2.24) is 4.90 Å². The minimum absolute atomic E-state index is 0.0234. The third kappa shape index (κ3) is 3.36. The number of aliphatic hydroxyl groups excluding tert-OH is 1. The summed E-state index contributed by atoms with van der Waals surface area (Å²) in [5.74, 6) is -1.84. The Morgan fingerprint density at radius 1 is 1.37 bits per heavy atom. The molecule has 1 N–H and O–H groups in total. The van der Waals surface area contributed by atoms with Crippen molar-refractivity contribution in [3.05, 3.63) is 35.4 Å². The van der Waals surface area contributed by atoms with Gasteiger partial charge in [-0.15, -0.1) is 0 Å². The molecule has 1 aliphatic carbocycles. The van der Waals surface area contributed by atoms with Gasteiger partial charge in [-0.2, -0.15) is 0 Å². The first kappa shape index (κ1) is 14.1. The minimum atomic E-state index is -0.822. The molecule has 0 spiro atoms. The molecule has 0 atom stereocenters. The Hall–Kier alpha value is -1.33. The van der Waals surface area contributed by atoms with Crippen LogP contribution in [-0.4, -0.2) is 42.0 Å². The largest absolute Gasteiger partial charge is 0.393 e. The predicted molar refractivity (Wildman–Crippen MR) is 66.9 cm³/mol. The highest BCUT2D eigenvalue weighted by Gasteiger charge is 2.28. The van der Waals surface area contributed by atoms with Crippen molar-refractivity contribution in [1.29, 1.82) is 0 Å². The molecule has 5 heteroatoms. The molecule has 1 aromatic rings. The maximum absolute atomic E-state index is 13.4. The van der Waals surface area contributed by atoms with Crippen LogP contribution in [0.4, 0.5) is 8.78 Å². The number of ketones is 1. The van der Waals surface area contributed by atoms with Crippen molar-refractivity contribution in [2.24, 2.45) is 5.92 Å². The van der Waals surface area contributed by atoms with E-state index in [1.54, 1.807) is 11.9 Å². The van der Waals surface area contributed by atoms with E-state index in [4.69, 9.17) is 0 Å². The fourth-order valence-electron chi connectivity index (χ4n) is 2.44. The summed E-state index contributed by atoms with van der Waals surface area (Å²) in [5.41, 5.74) is -0.469. The number of hydrogen-bond donors (Lipinski definition) is 1. The highest BCUT2D eigenvalue weighted by molar-refractivity contribution is 5.98.